The third kappa shape index (κ3) is 5.65. The van der Waals surface area contributed by atoms with E-state index in [1.165, 1.54) is 25.9 Å². The molecule has 3 aromatic rings. The van der Waals surface area contributed by atoms with E-state index in [9.17, 15) is 10.2 Å². The van der Waals surface area contributed by atoms with E-state index in [4.69, 9.17) is 9.47 Å². The zero-order chi connectivity index (χ0) is 23.9. The molecule has 180 valence electrons. The molecule has 5 heteroatoms. The highest BCUT2D eigenvalue weighted by molar-refractivity contribution is 5.45. The van der Waals surface area contributed by atoms with E-state index in [1.807, 2.05) is 44.2 Å². The maximum Gasteiger partial charge on any atom is 0.131 e. The smallest absolute Gasteiger partial charge is 0.131 e. The molecule has 2 N–H and O–H groups in total. The third-order valence-electron chi connectivity index (χ3n) is 6.51. The fourth-order valence-electron chi connectivity index (χ4n) is 4.77. The summed E-state index contributed by atoms with van der Waals surface area (Å²) in [6.45, 7) is 8.03. The summed E-state index contributed by atoms with van der Waals surface area (Å²) in [5.74, 6) is 2.22. The van der Waals surface area contributed by atoms with Gasteiger partial charge in [0.1, 0.15) is 35.7 Å². The van der Waals surface area contributed by atoms with Crippen LogP contribution in [0.15, 0.2) is 66.7 Å². The number of phenols is 2. The highest BCUT2D eigenvalue weighted by Gasteiger charge is 2.32. The number of likely N-dealkylation sites (tertiary alicyclic amines) is 1. The van der Waals surface area contributed by atoms with Crippen molar-refractivity contribution in [3.8, 4) is 23.0 Å². The average Bonchev–Trinajstić information content (AvgIpc) is 3.39. The van der Waals surface area contributed by atoms with Gasteiger partial charge in [0, 0.05) is 12.5 Å². The molecule has 2 aliphatic heterocycles. The van der Waals surface area contributed by atoms with Crippen molar-refractivity contribution < 1.29 is 19.7 Å². The Hall–Kier alpha value is -3.18. The van der Waals surface area contributed by atoms with Gasteiger partial charge < -0.3 is 19.7 Å². The molecule has 2 atom stereocenters. The summed E-state index contributed by atoms with van der Waals surface area (Å²) >= 11 is 0. The van der Waals surface area contributed by atoms with E-state index >= 15 is 0 Å². The van der Waals surface area contributed by atoms with Gasteiger partial charge in [0.2, 0.25) is 0 Å². The zero-order valence-corrected chi connectivity index (χ0v) is 20.1. The third-order valence-corrected chi connectivity index (χ3v) is 6.51. The van der Waals surface area contributed by atoms with Gasteiger partial charge in [-0.1, -0.05) is 38.1 Å². The molecular weight excluding hydrogens is 426 g/mol. The largest absolute Gasteiger partial charge is 0.508 e. The lowest BCUT2D eigenvalue weighted by molar-refractivity contribution is 0.151. The molecule has 2 aliphatic rings. The van der Waals surface area contributed by atoms with E-state index < -0.39 is 0 Å². The van der Waals surface area contributed by atoms with E-state index in [2.05, 4.69) is 17.0 Å². The first kappa shape index (κ1) is 24.0. The van der Waals surface area contributed by atoms with Crippen molar-refractivity contribution in [3.05, 3.63) is 83.4 Å². The number of hydrogen-bond acceptors (Lipinski definition) is 5. The van der Waals surface area contributed by atoms with Crippen molar-refractivity contribution in [2.24, 2.45) is 0 Å². The monoisotopic (exact) mass is 461 g/mol. The van der Waals surface area contributed by atoms with E-state index in [1.54, 1.807) is 24.3 Å². The Morgan fingerprint density at radius 3 is 2.21 bits per heavy atom. The molecule has 1 fully saturated rings. The topological polar surface area (TPSA) is 62.2 Å². The van der Waals surface area contributed by atoms with Gasteiger partial charge in [-0.2, -0.15) is 0 Å². The van der Waals surface area contributed by atoms with E-state index in [-0.39, 0.29) is 23.5 Å². The number of nitrogens with zero attached hydrogens (tertiary/aromatic N) is 1. The average molecular weight is 462 g/mol. The minimum Gasteiger partial charge on any atom is -0.508 e. The number of phenolic OH excluding ortho intramolecular Hbond substituents is 2. The quantitative estimate of drug-likeness (QED) is 0.467. The van der Waals surface area contributed by atoms with Gasteiger partial charge in [-0.25, -0.2) is 0 Å². The lowest BCUT2D eigenvalue weighted by atomic mass is 9.82. The van der Waals surface area contributed by atoms with Gasteiger partial charge in [-0.15, -0.1) is 0 Å². The number of benzene rings is 3. The van der Waals surface area contributed by atoms with Crippen molar-refractivity contribution in [2.45, 2.75) is 45.1 Å². The van der Waals surface area contributed by atoms with Crippen molar-refractivity contribution in [1.29, 1.82) is 0 Å². The number of rotatable bonds is 6. The molecule has 2 heterocycles. The van der Waals surface area contributed by atoms with Crippen LogP contribution in [0.2, 0.25) is 0 Å². The van der Waals surface area contributed by atoms with Gasteiger partial charge in [0.15, 0.2) is 0 Å². The summed E-state index contributed by atoms with van der Waals surface area (Å²) in [6.07, 6.45) is 3.16. The van der Waals surface area contributed by atoms with Crippen LogP contribution in [0.5, 0.6) is 23.0 Å². The van der Waals surface area contributed by atoms with Crippen molar-refractivity contribution >= 4 is 0 Å². The number of hydrogen-bond donors (Lipinski definition) is 2. The highest BCUT2D eigenvalue weighted by Crippen LogP contribution is 2.45. The molecule has 0 spiro atoms. The summed E-state index contributed by atoms with van der Waals surface area (Å²) in [5, 5.41) is 19.7. The Labute approximate surface area is 202 Å². The van der Waals surface area contributed by atoms with Gasteiger partial charge in [0.25, 0.3) is 0 Å². The van der Waals surface area contributed by atoms with Crippen LogP contribution in [0.1, 0.15) is 55.4 Å². The lowest BCUT2D eigenvalue weighted by Gasteiger charge is -2.34. The maximum absolute atomic E-state index is 9.93. The minimum atomic E-state index is -0.171. The van der Waals surface area contributed by atoms with Crippen molar-refractivity contribution in [2.75, 3.05) is 26.2 Å². The second-order valence-electron chi connectivity index (χ2n) is 8.70. The molecule has 0 bridgehead atoms. The molecule has 5 nitrogen and oxygen atoms in total. The van der Waals surface area contributed by atoms with E-state index in [0.717, 1.165) is 41.2 Å². The highest BCUT2D eigenvalue weighted by atomic mass is 16.5. The van der Waals surface area contributed by atoms with Crippen LogP contribution >= 0.6 is 0 Å². The van der Waals surface area contributed by atoms with Crippen LogP contribution in [-0.2, 0) is 6.42 Å². The first-order valence-corrected chi connectivity index (χ1v) is 12.4. The number of ether oxygens (including phenoxy) is 2. The molecule has 3 aromatic carbocycles. The molecule has 34 heavy (non-hydrogen) atoms. The van der Waals surface area contributed by atoms with Crippen molar-refractivity contribution in [1.82, 2.24) is 4.90 Å². The fourth-order valence-corrected chi connectivity index (χ4v) is 4.77. The van der Waals surface area contributed by atoms with Crippen LogP contribution in [0.25, 0.3) is 0 Å². The Bertz CT molecular complexity index is 1040. The predicted molar refractivity (Wildman–Crippen MR) is 135 cm³/mol. The first-order chi connectivity index (χ1) is 16.7. The van der Waals surface area contributed by atoms with Crippen LogP contribution in [0.4, 0.5) is 0 Å². The summed E-state index contributed by atoms with van der Waals surface area (Å²) in [6, 6.07) is 20.8. The van der Waals surface area contributed by atoms with Gasteiger partial charge in [-0.05, 0) is 91.5 Å². The molecule has 0 saturated carbocycles. The molecule has 5 rings (SSSR count). The Morgan fingerprint density at radius 1 is 0.853 bits per heavy atom. The zero-order valence-electron chi connectivity index (χ0n) is 20.1. The SMILES string of the molecule is CC.Oc1ccc(C2Cc3cc(O)ccc3OC2c2ccc(OCCN3CCCC3)cc2)cc1. The summed E-state index contributed by atoms with van der Waals surface area (Å²) in [7, 11) is 0. The maximum atomic E-state index is 9.93. The molecule has 0 radical (unpaired) electrons. The summed E-state index contributed by atoms with van der Waals surface area (Å²) < 4.78 is 12.4. The number of fused-ring (bicyclic) bond motifs is 1. The molecule has 1 saturated heterocycles. The predicted octanol–water partition coefficient (Wildman–Crippen LogP) is 6.06. The van der Waals surface area contributed by atoms with Crippen LogP contribution in [0, 0.1) is 0 Å². The molecule has 0 aliphatic carbocycles. The van der Waals surface area contributed by atoms with E-state index in [0.29, 0.717) is 6.61 Å². The normalized spacial score (nSPS) is 19.5. The number of aromatic hydroxyl groups is 2. The first-order valence-electron chi connectivity index (χ1n) is 12.4. The van der Waals surface area contributed by atoms with Gasteiger partial charge >= 0.3 is 0 Å². The van der Waals surface area contributed by atoms with Crippen molar-refractivity contribution in [3.63, 3.8) is 0 Å². The molecule has 0 aromatic heterocycles. The Balaban J connectivity index is 0.00000133. The van der Waals surface area contributed by atoms with Crippen LogP contribution in [0.3, 0.4) is 0 Å². The standard InChI is InChI=1S/C27H29NO4.C2H6/c29-22-7-3-19(4-8-22)25-18-21-17-23(30)9-12-26(21)32-27(25)20-5-10-24(11-6-20)31-16-15-28-13-1-2-14-28;1-2/h3-12,17,25,27,29-30H,1-2,13-16,18H2;1-2H3. The Kier molecular flexibility index (Phi) is 7.96. The second-order valence-corrected chi connectivity index (χ2v) is 8.70. The second kappa shape index (κ2) is 11.3. The minimum absolute atomic E-state index is 0.0619. The molecule has 0 amide bonds. The molecule has 2 unspecified atom stereocenters. The Morgan fingerprint density at radius 2 is 1.50 bits per heavy atom. The summed E-state index contributed by atoms with van der Waals surface area (Å²) in [5.41, 5.74) is 3.16. The van der Waals surface area contributed by atoms with Crippen LogP contribution in [-0.4, -0.2) is 41.4 Å². The van der Waals surface area contributed by atoms with Gasteiger partial charge in [-0.3, -0.25) is 4.90 Å². The lowest BCUT2D eigenvalue weighted by Crippen LogP contribution is -2.25. The van der Waals surface area contributed by atoms with Gasteiger partial charge in [0.05, 0.1) is 0 Å². The molecular formula is C29H35NO4. The van der Waals surface area contributed by atoms with Crippen LogP contribution < -0.4 is 9.47 Å². The summed E-state index contributed by atoms with van der Waals surface area (Å²) in [4.78, 5) is 2.45. The fraction of sp³-hybridized carbons (Fsp3) is 0.379.